The number of nitrogens with one attached hydrogen (secondary N) is 1. The van der Waals surface area contributed by atoms with Gasteiger partial charge in [0.25, 0.3) is 5.91 Å². The van der Waals surface area contributed by atoms with Crippen molar-refractivity contribution in [2.24, 2.45) is 5.10 Å². The number of nitriles is 1. The van der Waals surface area contributed by atoms with E-state index in [-0.39, 0.29) is 6.42 Å². The fourth-order valence-electron chi connectivity index (χ4n) is 3.47. The second-order valence-electron chi connectivity index (χ2n) is 6.86. The molecule has 0 atom stereocenters. The van der Waals surface area contributed by atoms with Crippen LogP contribution in [-0.2, 0) is 4.79 Å². The molecule has 0 saturated carbocycles. The molecule has 4 rings (SSSR count). The summed E-state index contributed by atoms with van der Waals surface area (Å²) < 4.78 is 2.20. The van der Waals surface area contributed by atoms with Crippen LogP contribution in [0.4, 0.5) is 0 Å². The van der Waals surface area contributed by atoms with Gasteiger partial charge in [0.05, 0.1) is 23.7 Å². The van der Waals surface area contributed by atoms with Gasteiger partial charge in [-0.15, -0.1) is 0 Å². The largest absolute Gasteiger partial charge is 0.309 e. The highest BCUT2D eigenvalue weighted by Gasteiger charge is 2.18. The number of aromatic nitrogens is 1. The number of nitrogens with zero attached hydrogens (tertiary/aromatic N) is 3. The van der Waals surface area contributed by atoms with Crippen LogP contribution in [0, 0.1) is 11.3 Å². The highest BCUT2D eigenvalue weighted by Crippen LogP contribution is 2.35. The van der Waals surface area contributed by atoms with Gasteiger partial charge in [-0.1, -0.05) is 78.9 Å². The molecule has 0 radical (unpaired) electrons. The van der Waals surface area contributed by atoms with Crippen molar-refractivity contribution in [3.63, 3.8) is 0 Å². The SMILES string of the molecule is N#CCC(=O)N/N=C\c1cc(-c2ccccc2)n(-c2ccccc2)c1-c1ccccc1. The van der Waals surface area contributed by atoms with E-state index >= 15 is 0 Å². The molecule has 0 aliphatic rings. The Labute approximate surface area is 180 Å². The van der Waals surface area contributed by atoms with Gasteiger partial charge in [0.2, 0.25) is 0 Å². The van der Waals surface area contributed by atoms with Gasteiger partial charge in [0.15, 0.2) is 0 Å². The fraction of sp³-hybridized carbons (Fsp3) is 0.0385. The molecule has 0 fully saturated rings. The molecular weight excluding hydrogens is 384 g/mol. The lowest BCUT2D eigenvalue weighted by Crippen LogP contribution is -2.16. The number of carbonyl (C=O) groups is 1. The van der Waals surface area contributed by atoms with Crippen LogP contribution >= 0.6 is 0 Å². The molecule has 0 unspecified atom stereocenters. The van der Waals surface area contributed by atoms with Crippen molar-refractivity contribution in [2.75, 3.05) is 0 Å². The monoisotopic (exact) mass is 404 g/mol. The Morgan fingerprint density at radius 1 is 0.903 bits per heavy atom. The first kappa shape index (κ1) is 19.9. The Bertz CT molecular complexity index is 1240. The minimum Gasteiger partial charge on any atom is -0.309 e. The molecular formula is C26H20N4O. The minimum atomic E-state index is -0.439. The van der Waals surface area contributed by atoms with Crippen molar-refractivity contribution >= 4 is 12.1 Å². The molecule has 5 heteroatoms. The maximum absolute atomic E-state index is 11.7. The van der Waals surface area contributed by atoms with Gasteiger partial charge in [0, 0.05) is 11.3 Å². The second kappa shape index (κ2) is 9.38. The van der Waals surface area contributed by atoms with Gasteiger partial charge in [-0.25, -0.2) is 5.43 Å². The summed E-state index contributed by atoms with van der Waals surface area (Å²) in [6.07, 6.45) is 1.40. The number of rotatable bonds is 6. The van der Waals surface area contributed by atoms with E-state index in [1.165, 1.54) is 0 Å². The smallest absolute Gasteiger partial charge is 0.254 e. The van der Waals surface area contributed by atoms with Crippen LogP contribution in [0.25, 0.3) is 28.2 Å². The zero-order chi connectivity index (χ0) is 21.5. The Kier molecular flexibility index (Phi) is 6.01. The molecule has 5 nitrogen and oxygen atoms in total. The molecule has 1 aromatic heterocycles. The molecule has 3 aromatic carbocycles. The summed E-state index contributed by atoms with van der Waals surface area (Å²) in [6, 6.07) is 34.2. The Morgan fingerprint density at radius 3 is 2.10 bits per heavy atom. The van der Waals surface area contributed by atoms with E-state index in [9.17, 15) is 4.79 Å². The molecule has 31 heavy (non-hydrogen) atoms. The number of carbonyl (C=O) groups excluding carboxylic acids is 1. The van der Waals surface area contributed by atoms with E-state index in [4.69, 9.17) is 5.26 Å². The summed E-state index contributed by atoms with van der Waals surface area (Å²) in [4.78, 5) is 11.7. The Balaban J connectivity index is 1.92. The number of hydrazone groups is 1. The number of para-hydroxylation sites is 1. The van der Waals surface area contributed by atoms with Crippen molar-refractivity contribution in [3.05, 3.63) is 103 Å². The quantitative estimate of drug-likeness (QED) is 0.355. The van der Waals surface area contributed by atoms with Crippen LogP contribution in [-0.4, -0.2) is 16.7 Å². The second-order valence-corrected chi connectivity index (χ2v) is 6.86. The lowest BCUT2D eigenvalue weighted by molar-refractivity contribution is -0.120. The molecule has 0 spiro atoms. The zero-order valence-corrected chi connectivity index (χ0v) is 16.8. The number of hydrogen-bond acceptors (Lipinski definition) is 3. The van der Waals surface area contributed by atoms with E-state index in [1.807, 2.05) is 60.7 Å². The van der Waals surface area contributed by atoms with Crippen molar-refractivity contribution in [1.82, 2.24) is 9.99 Å². The van der Waals surface area contributed by atoms with Crippen molar-refractivity contribution < 1.29 is 4.79 Å². The van der Waals surface area contributed by atoms with E-state index in [0.717, 1.165) is 33.8 Å². The Morgan fingerprint density at radius 2 is 1.48 bits per heavy atom. The zero-order valence-electron chi connectivity index (χ0n) is 16.8. The van der Waals surface area contributed by atoms with E-state index < -0.39 is 5.91 Å². The molecule has 150 valence electrons. The summed E-state index contributed by atoms with van der Waals surface area (Å²) in [5, 5.41) is 12.8. The van der Waals surface area contributed by atoms with Crippen LogP contribution in [0.1, 0.15) is 12.0 Å². The van der Waals surface area contributed by atoms with E-state index in [0.29, 0.717) is 0 Å². The third-order valence-corrected chi connectivity index (χ3v) is 4.79. The van der Waals surface area contributed by atoms with E-state index in [2.05, 4.69) is 57.6 Å². The number of benzene rings is 3. The summed E-state index contributed by atoms with van der Waals surface area (Å²) in [6.45, 7) is 0. The summed E-state index contributed by atoms with van der Waals surface area (Å²) in [5.41, 5.74) is 8.36. The predicted molar refractivity (Wildman–Crippen MR) is 123 cm³/mol. The highest BCUT2D eigenvalue weighted by atomic mass is 16.2. The molecule has 4 aromatic rings. The third kappa shape index (κ3) is 4.44. The van der Waals surface area contributed by atoms with Gasteiger partial charge in [0.1, 0.15) is 6.42 Å². The van der Waals surface area contributed by atoms with Crippen LogP contribution in [0.2, 0.25) is 0 Å². The van der Waals surface area contributed by atoms with Crippen LogP contribution in [0.3, 0.4) is 0 Å². The van der Waals surface area contributed by atoms with Gasteiger partial charge in [-0.2, -0.15) is 10.4 Å². The van der Waals surface area contributed by atoms with Crippen LogP contribution in [0.5, 0.6) is 0 Å². The van der Waals surface area contributed by atoms with Gasteiger partial charge in [-0.3, -0.25) is 4.79 Å². The topological polar surface area (TPSA) is 70.2 Å². The average molecular weight is 404 g/mol. The molecule has 0 saturated heterocycles. The Hall–Kier alpha value is -4.43. The molecule has 0 aliphatic carbocycles. The maximum atomic E-state index is 11.7. The van der Waals surface area contributed by atoms with Gasteiger partial charge < -0.3 is 4.57 Å². The number of hydrogen-bond donors (Lipinski definition) is 1. The third-order valence-electron chi connectivity index (χ3n) is 4.79. The molecule has 1 N–H and O–H groups in total. The van der Waals surface area contributed by atoms with E-state index in [1.54, 1.807) is 6.21 Å². The molecule has 1 amide bonds. The summed E-state index contributed by atoms with van der Waals surface area (Å²) >= 11 is 0. The first-order chi connectivity index (χ1) is 15.3. The average Bonchev–Trinajstić information content (AvgIpc) is 3.20. The fourth-order valence-corrected chi connectivity index (χ4v) is 3.47. The van der Waals surface area contributed by atoms with Crippen LogP contribution in [0.15, 0.2) is 102 Å². The first-order valence-corrected chi connectivity index (χ1v) is 9.89. The highest BCUT2D eigenvalue weighted by molar-refractivity contribution is 5.94. The van der Waals surface area contributed by atoms with Crippen LogP contribution < -0.4 is 5.43 Å². The van der Waals surface area contributed by atoms with Crippen molar-refractivity contribution in [1.29, 1.82) is 5.26 Å². The minimum absolute atomic E-state index is 0.233. The molecule has 0 bridgehead atoms. The normalized spacial score (nSPS) is 10.7. The lowest BCUT2D eigenvalue weighted by atomic mass is 10.1. The first-order valence-electron chi connectivity index (χ1n) is 9.89. The standard InChI is InChI=1S/C26H20N4O/c27-17-16-25(31)29-28-19-22-18-24(20-10-4-1-5-11-20)30(23-14-8-3-9-15-23)26(22)21-12-6-2-7-13-21/h1-15,18-19H,16H2,(H,29,31)/b28-19-. The van der Waals surface area contributed by atoms with Crippen molar-refractivity contribution in [3.8, 4) is 34.3 Å². The molecule has 1 heterocycles. The lowest BCUT2D eigenvalue weighted by Gasteiger charge is -2.15. The van der Waals surface area contributed by atoms with Gasteiger partial charge in [-0.05, 0) is 29.3 Å². The van der Waals surface area contributed by atoms with Crippen molar-refractivity contribution in [2.45, 2.75) is 6.42 Å². The summed E-state index contributed by atoms with van der Waals surface area (Å²) in [7, 11) is 0. The molecule has 0 aliphatic heterocycles. The van der Waals surface area contributed by atoms with Gasteiger partial charge >= 0.3 is 0 Å². The predicted octanol–water partition coefficient (Wildman–Crippen LogP) is 5.18. The summed E-state index contributed by atoms with van der Waals surface area (Å²) in [5.74, 6) is -0.439. The maximum Gasteiger partial charge on any atom is 0.254 e. The number of amides is 1.